The number of carbonyl (C=O) groups is 1. The Morgan fingerprint density at radius 1 is 1.18 bits per heavy atom. The lowest BCUT2D eigenvalue weighted by atomic mass is 10.0. The molecule has 2 aliphatic heterocycles. The maximum atomic E-state index is 14.1. The number of halogens is 2. The number of aryl methyl sites for hydroxylation is 1. The zero-order valence-electron chi connectivity index (χ0n) is 18.5. The number of aromatic nitrogens is 3. The number of imidazole rings is 1. The number of ketones is 1. The van der Waals surface area contributed by atoms with E-state index < -0.39 is 11.6 Å². The molecule has 2 aromatic heterocycles. The summed E-state index contributed by atoms with van der Waals surface area (Å²) in [6.45, 7) is 3.43. The van der Waals surface area contributed by atoms with E-state index in [0.29, 0.717) is 40.9 Å². The maximum absolute atomic E-state index is 14.1. The summed E-state index contributed by atoms with van der Waals surface area (Å²) in [6.07, 6.45) is 2.41. The number of Topliss-reactive ketones (excluding diaryl/α,β-unsaturated/α-hetero) is 1. The number of ether oxygens (including phenoxy) is 1. The van der Waals surface area contributed by atoms with Crippen molar-refractivity contribution < 1.29 is 18.3 Å². The smallest absolute Gasteiger partial charge is 0.274 e. The minimum Gasteiger partial charge on any atom is -0.381 e. The van der Waals surface area contributed by atoms with Gasteiger partial charge >= 0.3 is 0 Å². The summed E-state index contributed by atoms with van der Waals surface area (Å²) in [4.78, 5) is 35.0. The van der Waals surface area contributed by atoms with Crippen LogP contribution in [0.2, 0.25) is 0 Å². The molecule has 1 atom stereocenters. The molecule has 6 rings (SSSR count). The van der Waals surface area contributed by atoms with Crippen LogP contribution in [-0.2, 0) is 17.8 Å². The Kier molecular flexibility index (Phi) is 4.86. The Bertz CT molecular complexity index is 1500. The Balaban J connectivity index is 1.36. The summed E-state index contributed by atoms with van der Waals surface area (Å²) in [5.74, 6) is -0.214. The monoisotopic (exact) mass is 464 g/mol. The Morgan fingerprint density at radius 3 is 2.59 bits per heavy atom. The highest BCUT2D eigenvalue weighted by Gasteiger charge is 2.28. The highest BCUT2D eigenvalue weighted by molar-refractivity contribution is 6.01. The van der Waals surface area contributed by atoms with E-state index in [-0.39, 0.29) is 36.9 Å². The molecule has 0 saturated carbocycles. The van der Waals surface area contributed by atoms with Gasteiger partial charge in [0.15, 0.2) is 5.78 Å². The van der Waals surface area contributed by atoms with Crippen LogP contribution >= 0.6 is 0 Å². The number of H-pyrrole nitrogens is 1. The zero-order chi connectivity index (χ0) is 23.6. The summed E-state index contributed by atoms with van der Waals surface area (Å²) in [5, 5.41) is 0. The van der Waals surface area contributed by atoms with Gasteiger partial charge in [0.25, 0.3) is 5.56 Å². The van der Waals surface area contributed by atoms with Gasteiger partial charge in [-0.05, 0) is 43.2 Å². The molecule has 2 aliphatic rings. The first-order valence-electron chi connectivity index (χ1n) is 11.2. The molecule has 1 unspecified atom stereocenters. The first-order valence-corrected chi connectivity index (χ1v) is 11.2. The molecule has 174 valence electrons. The predicted octanol–water partition coefficient (Wildman–Crippen LogP) is 3.46. The molecule has 1 N–H and O–H groups in total. The molecule has 0 amide bonds. The van der Waals surface area contributed by atoms with Crippen LogP contribution in [0.1, 0.15) is 45.2 Å². The van der Waals surface area contributed by atoms with E-state index in [2.05, 4.69) is 9.97 Å². The number of nitrogens with one attached hydrogen (secondary N) is 1. The molecule has 0 aliphatic carbocycles. The van der Waals surface area contributed by atoms with Crippen LogP contribution in [-0.4, -0.2) is 44.8 Å². The second-order valence-electron chi connectivity index (χ2n) is 9.09. The fraction of sp³-hybridized carbons (Fsp3) is 0.320. The van der Waals surface area contributed by atoms with Crippen LogP contribution in [0.15, 0.2) is 35.3 Å². The summed E-state index contributed by atoms with van der Waals surface area (Å²) < 4.78 is 35.6. The Labute approximate surface area is 193 Å². The number of carbonyl (C=O) groups excluding carboxylic acids is 1. The van der Waals surface area contributed by atoms with Gasteiger partial charge in [-0.2, -0.15) is 0 Å². The van der Waals surface area contributed by atoms with Crippen molar-refractivity contribution in [1.82, 2.24) is 19.3 Å². The van der Waals surface area contributed by atoms with E-state index in [1.807, 2.05) is 17.4 Å². The van der Waals surface area contributed by atoms with Crippen LogP contribution in [0.5, 0.6) is 0 Å². The first kappa shape index (κ1) is 21.1. The number of hydrogen-bond donors (Lipinski definition) is 1. The van der Waals surface area contributed by atoms with Crippen LogP contribution in [0, 0.1) is 18.6 Å². The van der Waals surface area contributed by atoms with E-state index in [1.165, 1.54) is 0 Å². The molecule has 2 aromatic carbocycles. The summed E-state index contributed by atoms with van der Waals surface area (Å²) >= 11 is 0. The third-order valence-electron chi connectivity index (χ3n) is 6.90. The Hall–Kier alpha value is -3.43. The van der Waals surface area contributed by atoms with Gasteiger partial charge < -0.3 is 9.72 Å². The predicted molar refractivity (Wildman–Crippen MR) is 121 cm³/mol. The quantitative estimate of drug-likeness (QED) is 0.468. The van der Waals surface area contributed by atoms with Crippen molar-refractivity contribution in [3.63, 3.8) is 0 Å². The average Bonchev–Trinajstić information content (AvgIpc) is 3.55. The molecule has 1 saturated heterocycles. The molecule has 0 radical (unpaired) electrons. The fourth-order valence-electron chi connectivity index (χ4n) is 5.15. The van der Waals surface area contributed by atoms with Gasteiger partial charge in [-0.25, -0.2) is 13.8 Å². The van der Waals surface area contributed by atoms with Crippen molar-refractivity contribution in [1.29, 1.82) is 0 Å². The van der Waals surface area contributed by atoms with Gasteiger partial charge in [0, 0.05) is 42.3 Å². The van der Waals surface area contributed by atoms with Crippen LogP contribution in [0.4, 0.5) is 8.78 Å². The molecule has 9 heteroatoms. The highest BCUT2D eigenvalue weighted by Crippen LogP contribution is 2.30. The van der Waals surface area contributed by atoms with Gasteiger partial charge in [0.1, 0.15) is 23.0 Å². The number of fused-ring (bicyclic) bond motifs is 4. The average molecular weight is 464 g/mol. The lowest BCUT2D eigenvalue weighted by Gasteiger charge is -2.16. The molecular weight excluding hydrogens is 442 g/mol. The number of aromatic amines is 1. The molecule has 0 spiro atoms. The molecule has 7 nitrogen and oxygen atoms in total. The largest absolute Gasteiger partial charge is 0.381 e. The van der Waals surface area contributed by atoms with Crippen molar-refractivity contribution in [2.24, 2.45) is 0 Å². The number of benzene rings is 2. The second-order valence-corrected chi connectivity index (χ2v) is 9.09. The summed E-state index contributed by atoms with van der Waals surface area (Å²) in [7, 11) is 0. The minimum absolute atomic E-state index is 0.0160. The SMILES string of the molecule is Cc1cc2c(cc1C(=O)CN1Cc3c(F)ccc(F)c3C1)[nH]c(=O)c1cnc(C3CCOC3)n12. The van der Waals surface area contributed by atoms with Crippen molar-refractivity contribution in [3.8, 4) is 0 Å². The number of nitrogens with zero attached hydrogens (tertiary/aromatic N) is 3. The van der Waals surface area contributed by atoms with Crippen molar-refractivity contribution >= 4 is 22.3 Å². The summed E-state index contributed by atoms with van der Waals surface area (Å²) in [6, 6.07) is 5.80. The van der Waals surface area contributed by atoms with Gasteiger partial charge in [-0.15, -0.1) is 0 Å². The topological polar surface area (TPSA) is 79.7 Å². The molecule has 34 heavy (non-hydrogen) atoms. The van der Waals surface area contributed by atoms with Crippen LogP contribution < -0.4 is 5.56 Å². The van der Waals surface area contributed by atoms with Crippen LogP contribution in [0.25, 0.3) is 16.6 Å². The van der Waals surface area contributed by atoms with Gasteiger partial charge in [0.2, 0.25) is 0 Å². The van der Waals surface area contributed by atoms with E-state index in [0.717, 1.165) is 35.5 Å². The van der Waals surface area contributed by atoms with Gasteiger partial charge in [-0.1, -0.05) is 0 Å². The third-order valence-corrected chi connectivity index (χ3v) is 6.90. The third kappa shape index (κ3) is 3.26. The highest BCUT2D eigenvalue weighted by atomic mass is 19.1. The Morgan fingerprint density at radius 2 is 1.91 bits per heavy atom. The lowest BCUT2D eigenvalue weighted by molar-refractivity contribution is 0.0928. The second kappa shape index (κ2) is 7.82. The standard InChI is InChI=1S/C25H22F2N4O3/c1-13-6-21-20(29-25(33)22-8-28-24(31(21)22)14-4-5-34-12-14)7-15(13)23(32)11-30-9-16-17(10-30)19(27)3-2-18(16)26/h2-3,6-8,14H,4-5,9-12H2,1H3,(H,29,33). The molecular formula is C25H22F2N4O3. The van der Waals surface area contributed by atoms with Crippen LogP contribution in [0.3, 0.4) is 0 Å². The summed E-state index contributed by atoms with van der Waals surface area (Å²) in [5.41, 5.74) is 3.29. The molecule has 1 fully saturated rings. The van der Waals surface area contributed by atoms with E-state index in [1.54, 1.807) is 17.2 Å². The lowest BCUT2D eigenvalue weighted by Crippen LogP contribution is -2.25. The van der Waals surface area contributed by atoms with Crippen molar-refractivity contribution in [3.05, 3.63) is 80.5 Å². The van der Waals surface area contributed by atoms with Gasteiger partial charge in [-0.3, -0.25) is 18.9 Å². The number of hydrogen-bond acceptors (Lipinski definition) is 5. The first-order chi connectivity index (χ1) is 16.4. The normalized spacial score (nSPS) is 18.3. The molecule has 4 aromatic rings. The maximum Gasteiger partial charge on any atom is 0.274 e. The van der Waals surface area contributed by atoms with Gasteiger partial charge in [0.05, 0.1) is 30.4 Å². The van der Waals surface area contributed by atoms with E-state index in [9.17, 15) is 18.4 Å². The molecule has 4 heterocycles. The van der Waals surface area contributed by atoms with Crippen molar-refractivity contribution in [2.75, 3.05) is 19.8 Å². The molecule has 0 bridgehead atoms. The van der Waals surface area contributed by atoms with E-state index >= 15 is 0 Å². The number of rotatable bonds is 4. The van der Waals surface area contributed by atoms with Crippen molar-refractivity contribution in [2.45, 2.75) is 32.4 Å². The minimum atomic E-state index is -0.460. The van der Waals surface area contributed by atoms with E-state index in [4.69, 9.17) is 4.74 Å². The zero-order valence-corrected chi connectivity index (χ0v) is 18.5. The fourth-order valence-corrected chi connectivity index (χ4v) is 5.15.